The van der Waals surface area contributed by atoms with Crippen molar-refractivity contribution in [3.8, 4) is 17.1 Å². The lowest BCUT2D eigenvalue weighted by molar-refractivity contribution is -0.124. The van der Waals surface area contributed by atoms with Crippen molar-refractivity contribution in [1.82, 2.24) is 20.3 Å². The molecule has 0 aliphatic heterocycles. The Hall–Kier alpha value is -3.35. The summed E-state index contributed by atoms with van der Waals surface area (Å²) in [7, 11) is 0. The summed E-state index contributed by atoms with van der Waals surface area (Å²) < 4.78 is 19.0. The molecule has 6 nitrogen and oxygen atoms in total. The van der Waals surface area contributed by atoms with E-state index in [-0.39, 0.29) is 29.7 Å². The minimum absolute atomic E-state index is 0.0405. The number of ether oxygens (including phenoxy) is 1. The Kier molecular flexibility index (Phi) is 5.44. The highest BCUT2D eigenvalue weighted by atomic mass is 19.1. The van der Waals surface area contributed by atoms with Gasteiger partial charge in [-0.3, -0.25) is 9.78 Å². The second-order valence-electron chi connectivity index (χ2n) is 8.22. The Labute approximate surface area is 174 Å². The van der Waals surface area contributed by atoms with Crippen LogP contribution in [0.1, 0.15) is 37.6 Å². The Morgan fingerprint density at radius 3 is 2.77 bits per heavy atom. The van der Waals surface area contributed by atoms with Gasteiger partial charge in [0.1, 0.15) is 0 Å². The normalized spacial score (nSPS) is 17.1. The van der Waals surface area contributed by atoms with E-state index in [1.54, 1.807) is 30.7 Å². The highest BCUT2D eigenvalue weighted by molar-refractivity contribution is 5.78. The highest BCUT2D eigenvalue weighted by Gasteiger charge is 2.34. The van der Waals surface area contributed by atoms with E-state index >= 15 is 0 Å². The number of nitrogens with zero attached hydrogens (tertiary/aromatic N) is 3. The van der Waals surface area contributed by atoms with Gasteiger partial charge in [-0.15, -0.1) is 0 Å². The van der Waals surface area contributed by atoms with Crippen LogP contribution in [-0.2, 0) is 11.2 Å². The number of rotatable bonds is 5. The molecule has 0 saturated heterocycles. The molecule has 1 aromatic carbocycles. The summed E-state index contributed by atoms with van der Waals surface area (Å²) in [5.74, 6) is -0.110. The second-order valence-corrected chi connectivity index (χ2v) is 8.22. The molecule has 0 saturated carbocycles. The molecule has 1 aliphatic rings. The predicted octanol–water partition coefficient (Wildman–Crippen LogP) is 3.89. The topological polar surface area (TPSA) is 77.0 Å². The van der Waals surface area contributed by atoms with Crippen molar-refractivity contribution in [3.63, 3.8) is 0 Å². The molecule has 0 spiro atoms. The lowest BCUT2D eigenvalue weighted by Crippen LogP contribution is -2.39. The monoisotopic (exact) mass is 406 g/mol. The maximum atomic E-state index is 13.7. The first-order valence-electron chi connectivity index (χ1n) is 9.84. The van der Waals surface area contributed by atoms with Gasteiger partial charge in [0.05, 0.1) is 11.7 Å². The summed E-state index contributed by atoms with van der Waals surface area (Å²) in [6.07, 6.45) is 6.75. The number of halogens is 1. The zero-order valence-electron chi connectivity index (χ0n) is 16.9. The van der Waals surface area contributed by atoms with E-state index in [0.717, 1.165) is 29.7 Å². The number of amides is 1. The molecule has 1 aliphatic carbocycles. The summed E-state index contributed by atoms with van der Waals surface area (Å²) in [4.78, 5) is 25.8. The number of carbonyl (C=O) groups is 1. The molecule has 0 radical (unpaired) electrons. The molecular weight excluding hydrogens is 383 g/mol. The maximum Gasteiger partial charge on any atom is 0.258 e. The Balaban J connectivity index is 1.51. The molecule has 1 unspecified atom stereocenters. The number of aromatic nitrogens is 3. The first kappa shape index (κ1) is 19.9. The Morgan fingerprint density at radius 2 is 2.00 bits per heavy atom. The van der Waals surface area contributed by atoms with Gasteiger partial charge in [0, 0.05) is 29.7 Å². The van der Waals surface area contributed by atoms with Crippen LogP contribution in [0.25, 0.3) is 11.4 Å². The molecule has 1 atom stereocenters. The van der Waals surface area contributed by atoms with Gasteiger partial charge in [0.15, 0.2) is 24.0 Å². The summed E-state index contributed by atoms with van der Waals surface area (Å²) in [6.45, 7) is 4.04. The van der Waals surface area contributed by atoms with E-state index in [0.29, 0.717) is 5.82 Å². The molecule has 0 fully saturated rings. The molecule has 2 heterocycles. The van der Waals surface area contributed by atoms with E-state index < -0.39 is 5.82 Å². The van der Waals surface area contributed by atoms with Gasteiger partial charge < -0.3 is 10.1 Å². The lowest BCUT2D eigenvalue weighted by atomic mass is 9.74. The second kappa shape index (κ2) is 8.18. The first-order valence-corrected chi connectivity index (χ1v) is 9.84. The fourth-order valence-corrected chi connectivity index (χ4v) is 3.76. The van der Waals surface area contributed by atoms with Crippen molar-refractivity contribution in [2.24, 2.45) is 5.41 Å². The third-order valence-electron chi connectivity index (χ3n) is 5.15. The van der Waals surface area contributed by atoms with Crippen molar-refractivity contribution in [2.75, 3.05) is 6.61 Å². The van der Waals surface area contributed by atoms with Crippen molar-refractivity contribution < 1.29 is 13.9 Å². The van der Waals surface area contributed by atoms with Crippen molar-refractivity contribution in [3.05, 3.63) is 72.1 Å². The van der Waals surface area contributed by atoms with Crippen LogP contribution < -0.4 is 10.1 Å². The minimum atomic E-state index is -0.494. The quantitative estimate of drug-likeness (QED) is 0.696. The first-order chi connectivity index (χ1) is 14.4. The summed E-state index contributed by atoms with van der Waals surface area (Å²) in [6, 6.07) is 9.54. The summed E-state index contributed by atoms with van der Waals surface area (Å²) in [5, 5.41) is 3.00. The van der Waals surface area contributed by atoms with Gasteiger partial charge in [0.2, 0.25) is 0 Å². The number of hydrogen-bond acceptors (Lipinski definition) is 5. The molecule has 1 amide bonds. The molecular formula is C23H23FN4O2. The van der Waals surface area contributed by atoms with Crippen molar-refractivity contribution in [2.45, 2.75) is 32.7 Å². The Morgan fingerprint density at radius 1 is 1.23 bits per heavy atom. The molecule has 30 heavy (non-hydrogen) atoms. The van der Waals surface area contributed by atoms with Crippen molar-refractivity contribution >= 4 is 5.91 Å². The van der Waals surface area contributed by atoms with Crippen LogP contribution >= 0.6 is 0 Å². The van der Waals surface area contributed by atoms with E-state index in [4.69, 9.17) is 9.72 Å². The average molecular weight is 406 g/mol. The smallest absolute Gasteiger partial charge is 0.258 e. The predicted molar refractivity (Wildman–Crippen MR) is 110 cm³/mol. The largest absolute Gasteiger partial charge is 0.481 e. The van der Waals surface area contributed by atoms with Gasteiger partial charge in [-0.25, -0.2) is 14.4 Å². The van der Waals surface area contributed by atoms with E-state index in [9.17, 15) is 9.18 Å². The Bertz CT molecular complexity index is 1060. The number of pyridine rings is 1. The van der Waals surface area contributed by atoms with Gasteiger partial charge in [-0.1, -0.05) is 26.0 Å². The SMILES string of the molecule is CC1(C)Cc2nc(-c3ccncc3)ncc2C(NC(=O)COc2ccccc2F)C1. The number of benzene rings is 1. The fourth-order valence-electron chi connectivity index (χ4n) is 3.76. The lowest BCUT2D eigenvalue weighted by Gasteiger charge is -2.36. The number of fused-ring (bicyclic) bond motifs is 1. The molecule has 154 valence electrons. The molecule has 4 rings (SSSR count). The maximum absolute atomic E-state index is 13.7. The van der Waals surface area contributed by atoms with Crippen LogP contribution in [0.3, 0.4) is 0 Å². The summed E-state index contributed by atoms with van der Waals surface area (Å²) >= 11 is 0. The van der Waals surface area contributed by atoms with E-state index in [1.165, 1.54) is 12.1 Å². The average Bonchev–Trinajstić information content (AvgIpc) is 2.72. The number of carbonyl (C=O) groups excluding carboxylic acids is 1. The van der Waals surface area contributed by atoms with Gasteiger partial charge in [0.25, 0.3) is 5.91 Å². The van der Waals surface area contributed by atoms with Crippen LogP contribution in [0.4, 0.5) is 4.39 Å². The number of para-hydroxylation sites is 1. The van der Waals surface area contributed by atoms with Crippen LogP contribution in [-0.4, -0.2) is 27.5 Å². The zero-order valence-corrected chi connectivity index (χ0v) is 16.9. The zero-order chi connectivity index (χ0) is 21.1. The third-order valence-corrected chi connectivity index (χ3v) is 5.15. The highest BCUT2D eigenvalue weighted by Crippen LogP contribution is 2.40. The van der Waals surface area contributed by atoms with Crippen LogP contribution in [0.2, 0.25) is 0 Å². The molecule has 7 heteroatoms. The molecule has 3 aromatic rings. The number of nitrogens with one attached hydrogen (secondary N) is 1. The third kappa shape index (κ3) is 4.45. The van der Waals surface area contributed by atoms with Crippen LogP contribution in [0.5, 0.6) is 5.75 Å². The van der Waals surface area contributed by atoms with Crippen molar-refractivity contribution in [1.29, 1.82) is 0 Å². The molecule has 1 N–H and O–H groups in total. The molecule has 0 bridgehead atoms. The van der Waals surface area contributed by atoms with E-state index in [2.05, 4.69) is 29.1 Å². The van der Waals surface area contributed by atoms with Crippen LogP contribution in [0, 0.1) is 11.2 Å². The fraction of sp³-hybridized carbons (Fsp3) is 0.304. The summed E-state index contributed by atoms with van der Waals surface area (Å²) in [5.41, 5.74) is 2.69. The standard InChI is InChI=1S/C23H23FN4O2/c1-23(2)11-18(27-21(29)14-30-20-6-4-3-5-17(20)24)16-13-26-22(28-19(16)12-23)15-7-9-25-10-8-15/h3-10,13,18H,11-12,14H2,1-2H3,(H,27,29). The van der Waals surface area contributed by atoms with Gasteiger partial charge in [-0.05, 0) is 42.5 Å². The van der Waals surface area contributed by atoms with Crippen LogP contribution in [0.15, 0.2) is 55.0 Å². The minimum Gasteiger partial charge on any atom is -0.481 e. The van der Waals surface area contributed by atoms with Gasteiger partial charge >= 0.3 is 0 Å². The van der Waals surface area contributed by atoms with Gasteiger partial charge in [-0.2, -0.15) is 0 Å². The number of hydrogen-bond donors (Lipinski definition) is 1. The van der Waals surface area contributed by atoms with E-state index in [1.807, 2.05) is 12.1 Å². The molecule has 2 aromatic heterocycles.